The van der Waals surface area contributed by atoms with Crippen LogP contribution in [0.5, 0.6) is 11.5 Å². The first-order valence-electron chi connectivity index (χ1n) is 8.38. The second-order valence-corrected chi connectivity index (χ2v) is 6.52. The fourth-order valence-electron chi connectivity index (χ4n) is 2.73. The Labute approximate surface area is 160 Å². The average Bonchev–Trinajstić information content (AvgIpc) is 2.92. The Balaban J connectivity index is 1.92. The fourth-order valence-corrected chi connectivity index (χ4v) is 3.07. The van der Waals surface area contributed by atoms with Gasteiger partial charge in [-0.2, -0.15) is 0 Å². The third kappa shape index (κ3) is 3.67. The molecule has 1 amide bonds. The monoisotopic (exact) mass is 417 g/mol. The van der Waals surface area contributed by atoms with Crippen molar-refractivity contribution in [3.63, 3.8) is 0 Å². The van der Waals surface area contributed by atoms with Crippen LogP contribution in [0.2, 0.25) is 0 Å². The second kappa shape index (κ2) is 7.78. The van der Waals surface area contributed by atoms with Crippen molar-refractivity contribution in [2.45, 2.75) is 20.8 Å². The number of fused-ring (bicyclic) bond motifs is 1. The summed E-state index contributed by atoms with van der Waals surface area (Å²) in [6.45, 7) is 6.69. The summed E-state index contributed by atoms with van der Waals surface area (Å²) in [4.78, 5) is 17.3. The van der Waals surface area contributed by atoms with Gasteiger partial charge in [0.25, 0.3) is 5.91 Å². The number of anilines is 1. The van der Waals surface area contributed by atoms with Crippen LogP contribution in [-0.2, 0) is 0 Å². The zero-order valence-electron chi connectivity index (χ0n) is 14.9. The van der Waals surface area contributed by atoms with Gasteiger partial charge in [-0.15, -0.1) is 0 Å². The number of ether oxygens (including phenoxy) is 2. The molecule has 0 fully saturated rings. The third-order valence-corrected chi connectivity index (χ3v) is 4.24. The summed E-state index contributed by atoms with van der Waals surface area (Å²) in [6, 6.07) is 9.10. The highest BCUT2D eigenvalue weighted by molar-refractivity contribution is 9.10. The number of amides is 1. The summed E-state index contributed by atoms with van der Waals surface area (Å²) in [7, 11) is 0. The lowest BCUT2D eigenvalue weighted by Crippen LogP contribution is -2.15. The van der Waals surface area contributed by atoms with E-state index in [0.717, 1.165) is 10.1 Å². The van der Waals surface area contributed by atoms with Crippen molar-refractivity contribution in [1.29, 1.82) is 0 Å². The Morgan fingerprint density at radius 2 is 1.88 bits per heavy atom. The van der Waals surface area contributed by atoms with E-state index in [2.05, 4.69) is 26.2 Å². The molecule has 1 N–H and O–H groups in total. The number of carbonyl (C=O) groups excluding carboxylic acids is 1. The maximum absolute atomic E-state index is 12.8. The number of hydrogen-bond acceptors (Lipinski definition) is 4. The van der Waals surface area contributed by atoms with E-state index in [4.69, 9.17) is 9.47 Å². The van der Waals surface area contributed by atoms with Crippen molar-refractivity contribution in [3.8, 4) is 11.5 Å². The van der Waals surface area contributed by atoms with Crippen molar-refractivity contribution in [1.82, 2.24) is 9.38 Å². The van der Waals surface area contributed by atoms with Crippen molar-refractivity contribution in [3.05, 3.63) is 52.4 Å². The molecular formula is C19H20BrN3O3. The molecule has 2 aromatic heterocycles. The fraction of sp³-hybridized carbons (Fsp3) is 0.263. The van der Waals surface area contributed by atoms with Crippen molar-refractivity contribution < 1.29 is 14.3 Å². The van der Waals surface area contributed by atoms with Gasteiger partial charge in [-0.1, -0.05) is 0 Å². The minimum Gasteiger partial charge on any atom is -0.490 e. The Bertz CT molecular complexity index is 953. The first kappa shape index (κ1) is 18.3. The van der Waals surface area contributed by atoms with Gasteiger partial charge in [0, 0.05) is 22.4 Å². The molecule has 0 unspecified atom stereocenters. The highest BCUT2D eigenvalue weighted by Crippen LogP contribution is 2.31. The van der Waals surface area contributed by atoms with Gasteiger partial charge in [0.15, 0.2) is 11.5 Å². The van der Waals surface area contributed by atoms with Crippen LogP contribution in [0.1, 0.15) is 30.0 Å². The molecule has 1 aromatic carbocycles. The Morgan fingerprint density at radius 1 is 1.15 bits per heavy atom. The predicted molar refractivity (Wildman–Crippen MR) is 104 cm³/mol. The first-order chi connectivity index (χ1) is 12.5. The van der Waals surface area contributed by atoms with E-state index in [0.29, 0.717) is 41.8 Å². The van der Waals surface area contributed by atoms with Gasteiger partial charge in [-0.25, -0.2) is 4.98 Å². The zero-order chi connectivity index (χ0) is 18.7. The van der Waals surface area contributed by atoms with Gasteiger partial charge < -0.3 is 14.8 Å². The lowest BCUT2D eigenvalue weighted by atomic mass is 10.2. The molecular weight excluding hydrogens is 398 g/mol. The molecule has 0 aliphatic carbocycles. The molecule has 0 aliphatic rings. The number of rotatable bonds is 6. The molecule has 0 saturated carbocycles. The number of nitrogens with zero attached hydrogens (tertiary/aromatic N) is 2. The summed E-state index contributed by atoms with van der Waals surface area (Å²) in [5.74, 6) is 1.02. The molecule has 0 radical (unpaired) electrons. The van der Waals surface area contributed by atoms with Crippen LogP contribution in [0.15, 0.2) is 41.0 Å². The van der Waals surface area contributed by atoms with Crippen LogP contribution in [0.3, 0.4) is 0 Å². The maximum atomic E-state index is 12.8. The van der Waals surface area contributed by atoms with Gasteiger partial charge in [0.05, 0.1) is 18.9 Å². The second-order valence-electron chi connectivity index (χ2n) is 5.60. The molecule has 0 aliphatic heterocycles. The number of aryl methyl sites for hydroxylation is 1. The van der Waals surface area contributed by atoms with E-state index < -0.39 is 0 Å². The topological polar surface area (TPSA) is 64.9 Å². The van der Waals surface area contributed by atoms with Gasteiger partial charge in [0.1, 0.15) is 11.3 Å². The maximum Gasteiger partial charge on any atom is 0.274 e. The minimum absolute atomic E-state index is 0.236. The molecule has 0 atom stereocenters. The van der Waals surface area contributed by atoms with Gasteiger partial charge in [-0.05, 0) is 61.0 Å². The van der Waals surface area contributed by atoms with Crippen LogP contribution in [0, 0.1) is 6.92 Å². The van der Waals surface area contributed by atoms with Crippen LogP contribution in [0.25, 0.3) is 5.65 Å². The summed E-state index contributed by atoms with van der Waals surface area (Å²) in [6.07, 6.45) is 1.83. The molecule has 26 heavy (non-hydrogen) atoms. The quantitative estimate of drug-likeness (QED) is 0.642. The normalized spacial score (nSPS) is 10.8. The molecule has 3 aromatic rings. The number of pyridine rings is 1. The van der Waals surface area contributed by atoms with Crippen LogP contribution < -0.4 is 14.8 Å². The average molecular weight is 418 g/mol. The predicted octanol–water partition coefficient (Wildman–Crippen LogP) is 4.45. The molecule has 136 valence electrons. The molecule has 0 bridgehead atoms. The standard InChI is InChI=1S/C19H20BrN3O3/c1-4-25-15-8-7-14(10-16(15)26-5-2)22-19(24)18-12(3)21-17-9-6-13(20)11-23(17)18/h6-11H,4-5H2,1-3H3,(H,22,24). The number of imidazole rings is 1. The Kier molecular flexibility index (Phi) is 5.46. The highest BCUT2D eigenvalue weighted by Gasteiger charge is 2.18. The van der Waals surface area contributed by atoms with E-state index in [1.54, 1.807) is 22.6 Å². The number of carbonyl (C=O) groups is 1. The molecule has 3 rings (SSSR count). The largest absolute Gasteiger partial charge is 0.490 e. The van der Waals surface area contributed by atoms with Crippen molar-refractivity contribution in [2.24, 2.45) is 0 Å². The number of aromatic nitrogens is 2. The van der Waals surface area contributed by atoms with Crippen LogP contribution >= 0.6 is 15.9 Å². The first-order valence-corrected chi connectivity index (χ1v) is 9.18. The molecule has 2 heterocycles. The van der Waals surface area contributed by atoms with E-state index in [9.17, 15) is 4.79 Å². The summed E-state index contributed by atoms with van der Waals surface area (Å²) < 4.78 is 13.8. The molecule has 6 nitrogen and oxygen atoms in total. The van der Waals surface area contributed by atoms with Crippen LogP contribution in [-0.4, -0.2) is 28.5 Å². The highest BCUT2D eigenvalue weighted by atomic mass is 79.9. The van der Waals surface area contributed by atoms with Gasteiger partial charge in [-0.3, -0.25) is 9.20 Å². The lowest BCUT2D eigenvalue weighted by Gasteiger charge is -2.13. The van der Waals surface area contributed by atoms with E-state index >= 15 is 0 Å². The lowest BCUT2D eigenvalue weighted by molar-refractivity contribution is 0.102. The van der Waals surface area contributed by atoms with Crippen molar-refractivity contribution >= 4 is 33.2 Å². The molecule has 0 saturated heterocycles. The smallest absolute Gasteiger partial charge is 0.274 e. The molecule has 0 spiro atoms. The minimum atomic E-state index is -0.236. The number of hydrogen-bond donors (Lipinski definition) is 1. The summed E-state index contributed by atoms with van der Waals surface area (Å²) in [5, 5.41) is 2.91. The SMILES string of the molecule is CCOc1ccc(NC(=O)c2c(C)nc3ccc(Br)cn23)cc1OCC. The third-order valence-electron chi connectivity index (χ3n) is 3.77. The summed E-state index contributed by atoms with van der Waals surface area (Å²) in [5.41, 5.74) is 2.51. The molecule has 7 heteroatoms. The number of nitrogens with one attached hydrogen (secondary N) is 1. The Hall–Kier alpha value is -2.54. The zero-order valence-corrected chi connectivity index (χ0v) is 16.5. The van der Waals surface area contributed by atoms with E-state index in [1.807, 2.05) is 39.1 Å². The summed E-state index contributed by atoms with van der Waals surface area (Å²) >= 11 is 3.43. The van der Waals surface area contributed by atoms with Gasteiger partial charge >= 0.3 is 0 Å². The van der Waals surface area contributed by atoms with Gasteiger partial charge in [0.2, 0.25) is 0 Å². The Morgan fingerprint density at radius 3 is 2.62 bits per heavy atom. The van der Waals surface area contributed by atoms with Crippen LogP contribution in [0.4, 0.5) is 5.69 Å². The van der Waals surface area contributed by atoms with Crippen molar-refractivity contribution in [2.75, 3.05) is 18.5 Å². The van der Waals surface area contributed by atoms with E-state index in [-0.39, 0.29) is 5.91 Å². The number of benzene rings is 1. The number of halogens is 1. The van der Waals surface area contributed by atoms with E-state index in [1.165, 1.54) is 0 Å².